The van der Waals surface area contributed by atoms with E-state index >= 15 is 0 Å². The highest BCUT2D eigenvalue weighted by molar-refractivity contribution is 5.91. The van der Waals surface area contributed by atoms with Crippen LogP contribution in [0.1, 0.15) is 33.9 Å². The largest absolute Gasteiger partial charge is 0.351 e. The molecule has 0 saturated heterocycles. The van der Waals surface area contributed by atoms with Crippen LogP contribution in [0.2, 0.25) is 0 Å². The molecule has 7 nitrogen and oxygen atoms in total. The van der Waals surface area contributed by atoms with Crippen LogP contribution >= 0.6 is 0 Å². The normalized spacial score (nSPS) is 10.9. The van der Waals surface area contributed by atoms with Gasteiger partial charge in [0.2, 0.25) is 0 Å². The zero-order chi connectivity index (χ0) is 16.2. The summed E-state index contributed by atoms with van der Waals surface area (Å²) in [4.78, 5) is 24.4. The highest BCUT2D eigenvalue weighted by atomic mass is 16.1. The Morgan fingerprint density at radius 3 is 2.78 bits per heavy atom. The second-order valence-electron chi connectivity index (χ2n) is 5.45. The average molecular weight is 310 g/mol. The summed E-state index contributed by atoms with van der Waals surface area (Å²) in [6, 6.07) is 1.94. The van der Waals surface area contributed by atoms with Crippen molar-refractivity contribution < 1.29 is 4.79 Å². The number of hydrogen-bond donors (Lipinski definition) is 1. The predicted molar refractivity (Wildman–Crippen MR) is 85.1 cm³/mol. The van der Waals surface area contributed by atoms with Crippen molar-refractivity contribution in [2.45, 2.75) is 26.7 Å². The van der Waals surface area contributed by atoms with E-state index in [2.05, 4.69) is 25.4 Å². The number of carbonyl (C=O) groups excluding carboxylic acids is 1. The zero-order valence-electron chi connectivity index (χ0n) is 13.2. The number of aryl methyl sites for hydroxylation is 3. The van der Waals surface area contributed by atoms with E-state index in [0.717, 1.165) is 35.4 Å². The van der Waals surface area contributed by atoms with Crippen LogP contribution in [0.3, 0.4) is 0 Å². The lowest BCUT2D eigenvalue weighted by atomic mass is 10.2. The van der Waals surface area contributed by atoms with Crippen molar-refractivity contribution in [1.29, 1.82) is 0 Å². The van der Waals surface area contributed by atoms with Crippen LogP contribution in [0, 0.1) is 13.8 Å². The van der Waals surface area contributed by atoms with Gasteiger partial charge in [-0.2, -0.15) is 5.10 Å². The molecule has 3 aromatic rings. The molecule has 0 aromatic carbocycles. The average Bonchev–Trinajstić information content (AvgIpc) is 2.91. The van der Waals surface area contributed by atoms with Gasteiger partial charge in [0.15, 0.2) is 5.65 Å². The third-order valence-corrected chi connectivity index (χ3v) is 3.43. The van der Waals surface area contributed by atoms with Gasteiger partial charge in [0, 0.05) is 31.2 Å². The fourth-order valence-electron chi connectivity index (χ4n) is 2.26. The minimum Gasteiger partial charge on any atom is -0.351 e. The molecule has 3 aromatic heterocycles. The molecular weight excluding hydrogens is 292 g/mol. The molecule has 0 aliphatic carbocycles. The molecule has 7 heteroatoms. The topological polar surface area (TPSA) is 85.1 Å². The van der Waals surface area contributed by atoms with Gasteiger partial charge in [-0.05, 0) is 32.3 Å². The van der Waals surface area contributed by atoms with E-state index < -0.39 is 0 Å². The van der Waals surface area contributed by atoms with Crippen LogP contribution in [0.25, 0.3) is 5.65 Å². The second kappa shape index (κ2) is 6.51. The summed E-state index contributed by atoms with van der Waals surface area (Å²) >= 11 is 0. The Labute approximate surface area is 133 Å². The molecule has 0 radical (unpaired) electrons. The van der Waals surface area contributed by atoms with E-state index in [0.29, 0.717) is 12.2 Å². The maximum absolute atomic E-state index is 11.9. The third kappa shape index (κ3) is 3.68. The molecule has 1 amide bonds. The smallest absolute Gasteiger partial charge is 0.271 e. The molecule has 0 fully saturated rings. The van der Waals surface area contributed by atoms with Gasteiger partial charge >= 0.3 is 0 Å². The number of carbonyl (C=O) groups is 1. The molecule has 0 bridgehead atoms. The molecule has 0 spiro atoms. The van der Waals surface area contributed by atoms with E-state index in [4.69, 9.17) is 0 Å². The SMILES string of the molecule is Cc1cnc(C(=O)NCCCc2cnc3cc(C)nn3c2)cn1. The molecule has 0 saturated carbocycles. The molecule has 118 valence electrons. The first-order valence-corrected chi connectivity index (χ1v) is 7.49. The molecule has 0 aliphatic rings. The second-order valence-corrected chi connectivity index (χ2v) is 5.45. The van der Waals surface area contributed by atoms with Crippen molar-refractivity contribution in [2.24, 2.45) is 0 Å². The fourth-order valence-corrected chi connectivity index (χ4v) is 2.26. The summed E-state index contributed by atoms with van der Waals surface area (Å²) < 4.78 is 1.78. The monoisotopic (exact) mass is 310 g/mol. The van der Waals surface area contributed by atoms with E-state index in [1.807, 2.05) is 32.3 Å². The Morgan fingerprint density at radius 2 is 2.00 bits per heavy atom. The van der Waals surface area contributed by atoms with Crippen LogP contribution in [0.15, 0.2) is 30.9 Å². The van der Waals surface area contributed by atoms with E-state index in [-0.39, 0.29) is 5.91 Å². The maximum Gasteiger partial charge on any atom is 0.271 e. The van der Waals surface area contributed by atoms with Crippen LogP contribution in [-0.2, 0) is 6.42 Å². The van der Waals surface area contributed by atoms with E-state index in [1.54, 1.807) is 10.7 Å². The van der Waals surface area contributed by atoms with Gasteiger partial charge in [0.1, 0.15) is 5.69 Å². The Hall–Kier alpha value is -2.83. The first-order valence-electron chi connectivity index (χ1n) is 7.49. The predicted octanol–water partition coefficient (Wildman–Crippen LogP) is 1.50. The summed E-state index contributed by atoms with van der Waals surface area (Å²) in [5, 5.41) is 7.19. The van der Waals surface area contributed by atoms with E-state index in [1.165, 1.54) is 6.20 Å². The first-order chi connectivity index (χ1) is 11.1. The molecule has 23 heavy (non-hydrogen) atoms. The molecule has 3 heterocycles. The highest BCUT2D eigenvalue weighted by Gasteiger charge is 2.06. The number of nitrogens with one attached hydrogen (secondary N) is 1. The van der Waals surface area contributed by atoms with Crippen molar-refractivity contribution in [3.05, 3.63) is 53.5 Å². The van der Waals surface area contributed by atoms with Crippen molar-refractivity contribution in [2.75, 3.05) is 6.54 Å². The Kier molecular flexibility index (Phi) is 4.27. The Morgan fingerprint density at radius 1 is 1.13 bits per heavy atom. The summed E-state index contributed by atoms with van der Waals surface area (Å²) in [5.74, 6) is -0.200. The van der Waals surface area contributed by atoms with Crippen molar-refractivity contribution in [3.8, 4) is 0 Å². The van der Waals surface area contributed by atoms with Gasteiger partial charge in [-0.1, -0.05) is 0 Å². The quantitative estimate of drug-likeness (QED) is 0.722. The number of aromatic nitrogens is 5. The number of fused-ring (bicyclic) bond motifs is 1. The summed E-state index contributed by atoms with van der Waals surface area (Å²) in [6.45, 7) is 4.35. The van der Waals surface area contributed by atoms with Gasteiger partial charge in [-0.15, -0.1) is 0 Å². The highest BCUT2D eigenvalue weighted by Crippen LogP contribution is 2.06. The Bertz CT molecular complexity index is 824. The number of hydrogen-bond acceptors (Lipinski definition) is 5. The number of rotatable bonds is 5. The molecule has 0 unspecified atom stereocenters. The van der Waals surface area contributed by atoms with Gasteiger partial charge < -0.3 is 5.32 Å². The molecule has 3 rings (SSSR count). The van der Waals surface area contributed by atoms with Crippen molar-refractivity contribution >= 4 is 11.6 Å². The molecule has 0 aliphatic heterocycles. The van der Waals surface area contributed by atoms with E-state index in [9.17, 15) is 4.79 Å². The van der Waals surface area contributed by atoms with Gasteiger partial charge in [0.05, 0.1) is 17.6 Å². The lowest BCUT2D eigenvalue weighted by molar-refractivity contribution is 0.0948. The van der Waals surface area contributed by atoms with Crippen LogP contribution in [0.5, 0.6) is 0 Å². The van der Waals surface area contributed by atoms with Gasteiger partial charge in [-0.25, -0.2) is 14.5 Å². The molecule has 0 atom stereocenters. The molecule has 1 N–H and O–H groups in total. The third-order valence-electron chi connectivity index (χ3n) is 3.43. The van der Waals surface area contributed by atoms with Crippen LogP contribution in [0.4, 0.5) is 0 Å². The van der Waals surface area contributed by atoms with Crippen LogP contribution < -0.4 is 5.32 Å². The van der Waals surface area contributed by atoms with Crippen molar-refractivity contribution in [1.82, 2.24) is 29.9 Å². The number of amides is 1. The standard InChI is InChI=1S/C16H18N6O/c1-11-6-15-20-8-13(10-22(15)21-11)4-3-5-17-16(23)14-9-18-12(2)7-19-14/h6-10H,3-5H2,1-2H3,(H,17,23). The zero-order valence-corrected chi connectivity index (χ0v) is 13.2. The fraction of sp³-hybridized carbons (Fsp3) is 0.312. The number of nitrogens with zero attached hydrogens (tertiary/aromatic N) is 5. The minimum absolute atomic E-state index is 0.200. The maximum atomic E-state index is 11.9. The summed E-state index contributed by atoms with van der Waals surface area (Å²) in [7, 11) is 0. The minimum atomic E-state index is -0.200. The molecular formula is C16H18N6O. The lowest BCUT2D eigenvalue weighted by Gasteiger charge is -2.05. The Balaban J connectivity index is 1.50. The summed E-state index contributed by atoms with van der Waals surface area (Å²) in [5.41, 5.74) is 4.01. The van der Waals surface area contributed by atoms with Gasteiger partial charge in [-0.3, -0.25) is 9.78 Å². The van der Waals surface area contributed by atoms with Crippen molar-refractivity contribution in [3.63, 3.8) is 0 Å². The lowest BCUT2D eigenvalue weighted by Crippen LogP contribution is -2.25. The first kappa shape index (κ1) is 15.1. The van der Waals surface area contributed by atoms with Crippen LogP contribution in [-0.4, -0.2) is 37.0 Å². The summed E-state index contributed by atoms with van der Waals surface area (Å²) in [6.07, 6.45) is 8.54. The van der Waals surface area contributed by atoms with Gasteiger partial charge in [0.25, 0.3) is 5.91 Å².